The Morgan fingerprint density at radius 1 is 1.06 bits per heavy atom. The largest absolute Gasteiger partial charge is 0.495 e. The topological polar surface area (TPSA) is 79.7 Å². The molecule has 2 amide bonds. The molecule has 0 unspecified atom stereocenters. The molecule has 1 aromatic heterocycles. The molecule has 33 heavy (non-hydrogen) atoms. The third-order valence-electron chi connectivity index (χ3n) is 5.52. The number of thioether (sulfide) groups is 1. The predicted molar refractivity (Wildman–Crippen MR) is 130 cm³/mol. The number of hydrogen-bond acceptors (Lipinski definition) is 6. The zero-order valence-electron chi connectivity index (χ0n) is 18.7. The van der Waals surface area contributed by atoms with Gasteiger partial charge in [0.25, 0.3) is 5.91 Å². The second-order valence-corrected chi connectivity index (χ2v) is 8.63. The number of methoxy groups -OCH3 is 1. The number of aromatic nitrogens is 2. The molecular formula is C24H27N5O3S. The quantitative estimate of drug-likeness (QED) is 0.540. The van der Waals surface area contributed by atoms with Gasteiger partial charge in [0.1, 0.15) is 5.75 Å². The van der Waals surface area contributed by atoms with E-state index in [1.54, 1.807) is 37.6 Å². The molecule has 0 radical (unpaired) electrons. The lowest BCUT2D eigenvalue weighted by molar-refractivity contribution is -0.113. The number of nitrogens with one attached hydrogen (secondary N) is 1. The molecule has 1 aliphatic rings. The molecule has 0 atom stereocenters. The first-order valence-electron chi connectivity index (χ1n) is 10.7. The van der Waals surface area contributed by atoms with Gasteiger partial charge in [-0.1, -0.05) is 23.9 Å². The van der Waals surface area contributed by atoms with Crippen LogP contribution in [-0.4, -0.2) is 65.3 Å². The van der Waals surface area contributed by atoms with Crippen molar-refractivity contribution >= 4 is 35.0 Å². The molecule has 3 aromatic rings. The summed E-state index contributed by atoms with van der Waals surface area (Å²) in [4.78, 5) is 33.5. The highest BCUT2D eigenvalue weighted by molar-refractivity contribution is 7.99. The summed E-state index contributed by atoms with van der Waals surface area (Å²) in [6.45, 7) is 2.77. The SMILES string of the molecule is COc1ccccc1N1CCN(C(=O)c2ccc(NC(=O)CSc3nccn3C)cc2)CC1. The highest BCUT2D eigenvalue weighted by Crippen LogP contribution is 2.28. The molecule has 1 N–H and O–H groups in total. The minimum Gasteiger partial charge on any atom is -0.495 e. The number of anilines is 2. The van der Waals surface area contributed by atoms with Crippen LogP contribution in [0.1, 0.15) is 10.4 Å². The fourth-order valence-corrected chi connectivity index (χ4v) is 4.47. The summed E-state index contributed by atoms with van der Waals surface area (Å²) in [5, 5.41) is 3.65. The average molecular weight is 466 g/mol. The van der Waals surface area contributed by atoms with Crippen LogP contribution in [0.2, 0.25) is 0 Å². The fourth-order valence-electron chi connectivity index (χ4n) is 3.74. The smallest absolute Gasteiger partial charge is 0.253 e. The zero-order chi connectivity index (χ0) is 23.2. The van der Waals surface area contributed by atoms with Crippen LogP contribution in [0.3, 0.4) is 0 Å². The van der Waals surface area contributed by atoms with E-state index in [2.05, 4.69) is 15.2 Å². The predicted octanol–water partition coefficient (Wildman–Crippen LogP) is 3.12. The van der Waals surface area contributed by atoms with E-state index in [0.29, 0.717) is 24.3 Å². The van der Waals surface area contributed by atoms with E-state index in [1.165, 1.54) is 11.8 Å². The lowest BCUT2D eigenvalue weighted by atomic mass is 10.1. The highest BCUT2D eigenvalue weighted by Gasteiger charge is 2.23. The first-order chi connectivity index (χ1) is 16.0. The molecule has 0 bridgehead atoms. The molecule has 8 nitrogen and oxygen atoms in total. The van der Waals surface area contributed by atoms with E-state index < -0.39 is 0 Å². The fraction of sp³-hybridized carbons (Fsp3) is 0.292. The Kier molecular flexibility index (Phi) is 7.19. The Hall–Kier alpha value is -3.46. The number of hydrogen-bond donors (Lipinski definition) is 1. The Morgan fingerprint density at radius 2 is 1.79 bits per heavy atom. The van der Waals surface area contributed by atoms with Crippen LogP contribution in [0.25, 0.3) is 0 Å². The number of carbonyl (C=O) groups is 2. The van der Waals surface area contributed by atoms with Gasteiger partial charge in [-0.05, 0) is 36.4 Å². The molecule has 172 valence electrons. The van der Waals surface area contributed by atoms with Gasteiger partial charge in [-0.15, -0.1) is 0 Å². The first kappa shape index (κ1) is 22.7. The maximum absolute atomic E-state index is 12.9. The van der Waals surface area contributed by atoms with Gasteiger partial charge in [-0.2, -0.15) is 0 Å². The van der Waals surface area contributed by atoms with Gasteiger partial charge in [0, 0.05) is 56.9 Å². The van der Waals surface area contributed by atoms with Gasteiger partial charge in [-0.25, -0.2) is 4.98 Å². The van der Waals surface area contributed by atoms with Crippen LogP contribution < -0.4 is 15.0 Å². The maximum Gasteiger partial charge on any atom is 0.253 e. The Labute approximate surface area is 197 Å². The molecule has 4 rings (SSSR count). The van der Waals surface area contributed by atoms with Crippen molar-refractivity contribution in [3.05, 3.63) is 66.5 Å². The molecule has 0 aliphatic carbocycles. The van der Waals surface area contributed by atoms with Crippen LogP contribution in [-0.2, 0) is 11.8 Å². The molecule has 9 heteroatoms. The summed E-state index contributed by atoms with van der Waals surface area (Å²) in [7, 11) is 3.56. The van der Waals surface area contributed by atoms with E-state index in [-0.39, 0.29) is 17.6 Å². The van der Waals surface area contributed by atoms with Crippen molar-refractivity contribution in [2.45, 2.75) is 5.16 Å². The number of piperazine rings is 1. The summed E-state index contributed by atoms with van der Waals surface area (Å²) in [6.07, 6.45) is 3.54. The third kappa shape index (κ3) is 5.48. The number of ether oxygens (including phenoxy) is 1. The van der Waals surface area contributed by atoms with Gasteiger partial charge in [0.2, 0.25) is 5.91 Å². The van der Waals surface area contributed by atoms with Crippen molar-refractivity contribution < 1.29 is 14.3 Å². The minimum absolute atomic E-state index is 0.00195. The number of rotatable bonds is 7. The number of imidazole rings is 1. The van der Waals surface area contributed by atoms with Crippen LogP contribution in [0, 0.1) is 0 Å². The van der Waals surface area contributed by atoms with Gasteiger partial charge < -0.3 is 24.4 Å². The Balaban J connectivity index is 1.28. The molecule has 1 saturated heterocycles. The van der Waals surface area contributed by atoms with Crippen molar-refractivity contribution in [2.24, 2.45) is 7.05 Å². The number of benzene rings is 2. The highest BCUT2D eigenvalue weighted by atomic mass is 32.2. The van der Waals surface area contributed by atoms with Gasteiger partial charge in [0.15, 0.2) is 5.16 Å². The van der Waals surface area contributed by atoms with Crippen LogP contribution in [0.4, 0.5) is 11.4 Å². The number of aryl methyl sites for hydroxylation is 1. The van der Waals surface area contributed by atoms with E-state index in [9.17, 15) is 9.59 Å². The van der Waals surface area contributed by atoms with Gasteiger partial charge >= 0.3 is 0 Å². The number of nitrogens with zero attached hydrogens (tertiary/aromatic N) is 4. The molecule has 2 aromatic carbocycles. The van der Waals surface area contributed by atoms with E-state index in [0.717, 1.165) is 29.7 Å². The summed E-state index contributed by atoms with van der Waals surface area (Å²) in [5.41, 5.74) is 2.33. The molecule has 1 fully saturated rings. The normalized spacial score (nSPS) is 13.6. The Morgan fingerprint density at radius 3 is 2.45 bits per heavy atom. The van der Waals surface area contributed by atoms with Gasteiger partial charge in [0.05, 0.1) is 18.6 Å². The second kappa shape index (κ2) is 10.4. The lowest BCUT2D eigenvalue weighted by Crippen LogP contribution is -2.48. The molecule has 2 heterocycles. The third-order valence-corrected chi connectivity index (χ3v) is 6.58. The molecule has 0 saturated carbocycles. The maximum atomic E-state index is 12.9. The van der Waals surface area contributed by atoms with Crippen molar-refractivity contribution in [3.8, 4) is 5.75 Å². The lowest BCUT2D eigenvalue weighted by Gasteiger charge is -2.36. The number of carbonyl (C=O) groups excluding carboxylic acids is 2. The summed E-state index contributed by atoms with van der Waals surface area (Å²) >= 11 is 1.38. The Bertz CT molecular complexity index is 1110. The average Bonchev–Trinajstić information content (AvgIpc) is 3.27. The van der Waals surface area contributed by atoms with E-state index >= 15 is 0 Å². The minimum atomic E-state index is -0.116. The second-order valence-electron chi connectivity index (χ2n) is 7.69. The van der Waals surface area contributed by atoms with E-state index in [1.807, 2.05) is 47.0 Å². The monoisotopic (exact) mass is 465 g/mol. The first-order valence-corrected chi connectivity index (χ1v) is 11.7. The van der Waals surface area contributed by atoms with Crippen molar-refractivity contribution in [1.29, 1.82) is 0 Å². The van der Waals surface area contributed by atoms with E-state index in [4.69, 9.17) is 4.74 Å². The van der Waals surface area contributed by atoms with Crippen LogP contribution in [0.15, 0.2) is 66.1 Å². The summed E-state index contributed by atoms with van der Waals surface area (Å²) in [5.74, 6) is 0.989. The van der Waals surface area contributed by atoms with Crippen molar-refractivity contribution in [1.82, 2.24) is 14.5 Å². The molecule has 1 aliphatic heterocycles. The van der Waals surface area contributed by atoms with Crippen molar-refractivity contribution in [3.63, 3.8) is 0 Å². The zero-order valence-corrected chi connectivity index (χ0v) is 19.5. The number of para-hydroxylation sites is 2. The standard InChI is InChI=1S/C24H27N5O3S/c1-27-12-11-25-24(27)33-17-22(30)26-19-9-7-18(8-10-19)23(31)29-15-13-28(14-16-29)20-5-3-4-6-21(20)32-2/h3-12H,13-17H2,1-2H3,(H,26,30). The molecule has 0 spiro atoms. The summed E-state index contributed by atoms with van der Waals surface area (Å²) < 4.78 is 7.33. The number of amides is 2. The van der Waals surface area contributed by atoms with Crippen molar-refractivity contribution in [2.75, 3.05) is 49.3 Å². The summed E-state index contributed by atoms with van der Waals surface area (Å²) in [6, 6.07) is 15.0. The van der Waals surface area contributed by atoms with Crippen LogP contribution >= 0.6 is 11.8 Å². The van der Waals surface area contributed by atoms with Crippen LogP contribution in [0.5, 0.6) is 5.75 Å². The molecular weight excluding hydrogens is 438 g/mol. The van der Waals surface area contributed by atoms with Gasteiger partial charge in [-0.3, -0.25) is 9.59 Å².